The predicted octanol–water partition coefficient (Wildman–Crippen LogP) is 6.54. The molecule has 1 aliphatic heterocycles. The monoisotopic (exact) mass is 384 g/mol. The Hall–Kier alpha value is -1.06. The Bertz CT molecular complexity index is 471. The van der Waals surface area contributed by atoms with Crippen molar-refractivity contribution < 1.29 is 0 Å². The number of hydrogen-bond donors (Lipinski definition) is 2. The summed E-state index contributed by atoms with van der Waals surface area (Å²) in [6.07, 6.45) is 13.7. The van der Waals surface area contributed by atoms with Gasteiger partial charge in [-0.05, 0) is 50.9 Å². The summed E-state index contributed by atoms with van der Waals surface area (Å²) in [5.74, 6) is 0. The Balaban J connectivity index is 0. The van der Waals surface area contributed by atoms with Gasteiger partial charge in [0.25, 0.3) is 0 Å². The highest BCUT2D eigenvalue weighted by atomic mass is 35.5. The van der Waals surface area contributed by atoms with Crippen LogP contribution >= 0.6 is 23.2 Å². The Morgan fingerprint density at radius 3 is 2.20 bits per heavy atom. The zero-order chi connectivity index (χ0) is 19.3. The zero-order valence-electron chi connectivity index (χ0n) is 15.9. The molecule has 25 heavy (non-hydrogen) atoms. The third-order valence-electron chi connectivity index (χ3n) is 2.99. The Kier molecular flexibility index (Phi) is 22.0. The topological polar surface area (TPSA) is 38.0 Å². The number of nitrogens with one attached hydrogen (secondary N) is 1. The standard InChI is InChI=1S/C8H12.C7H7Cl2N.C4H9N.C2H6/c1-3-5-7-8-6-4-2;8-6-3-1-2-5(4-10)7(6)9;1-2-4-5-3-1;1-2/h3-7H,1,8H2,2H3;1-3H,4,10H2;5H,1-4H2;1-2H3/b6-4-,7-5-;;;. The van der Waals surface area contributed by atoms with Crippen LogP contribution in [-0.2, 0) is 6.54 Å². The van der Waals surface area contributed by atoms with Crippen LogP contribution in [0.2, 0.25) is 10.0 Å². The van der Waals surface area contributed by atoms with Crippen LogP contribution in [0.3, 0.4) is 0 Å². The predicted molar refractivity (Wildman–Crippen MR) is 117 cm³/mol. The highest BCUT2D eigenvalue weighted by Gasteiger charge is 2.00. The molecule has 142 valence electrons. The number of allylic oxidation sites excluding steroid dienone is 5. The molecule has 0 spiro atoms. The molecule has 0 amide bonds. The minimum atomic E-state index is 0.430. The van der Waals surface area contributed by atoms with Gasteiger partial charge in [-0.1, -0.05) is 86.1 Å². The van der Waals surface area contributed by atoms with Gasteiger partial charge in [-0.25, -0.2) is 0 Å². The lowest BCUT2D eigenvalue weighted by atomic mass is 10.2. The van der Waals surface area contributed by atoms with Crippen molar-refractivity contribution in [3.63, 3.8) is 0 Å². The van der Waals surface area contributed by atoms with Crippen LogP contribution in [0, 0.1) is 0 Å². The minimum Gasteiger partial charge on any atom is -0.326 e. The Morgan fingerprint density at radius 2 is 1.80 bits per heavy atom. The van der Waals surface area contributed by atoms with Crippen LogP contribution in [-0.4, -0.2) is 13.1 Å². The van der Waals surface area contributed by atoms with Crippen LogP contribution < -0.4 is 11.1 Å². The molecule has 0 aromatic heterocycles. The first kappa shape index (κ1) is 26.2. The molecule has 1 aromatic rings. The number of rotatable bonds is 4. The SMILES string of the molecule is C1CCNC1.C=C/C=C\C/C=C\C.CC.NCc1cccc(Cl)c1Cl. The lowest BCUT2D eigenvalue weighted by Crippen LogP contribution is -2.03. The van der Waals surface area contributed by atoms with Crippen molar-refractivity contribution in [2.75, 3.05) is 13.1 Å². The van der Waals surface area contributed by atoms with Gasteiger partial charge < -0.3 is 11.1 Å². The summed E-state index contributed by atoms with van der Waals surface area (Å²) in [5, 5.41) is 4.34. The number of halogens is 2. The molecule has 0 radical (unpaired) electrons. The van der Waals surface area contributed by atoms with E-state index in [4.69, 9.17) is 28.9 Å². The fraction of sp³-hybridized carbons (Fsp3) is 0.429. The van der Waals surface area contributed by atoms with Crippen LogP contribution in [0.15, 0.2) is 55.2 Å². The summed E-state index contributed by atoms with van der Waals surface area (Å²) in [6.45, 7) is 12.5. The van der Waals surface area contributed by atoms with E-state index < -0.39 is 0 Å². The van der Waals surface area contributed by atoms with Crippen molar-refractivity contribution in [3.05, 3.63) is 70.8 Å². The molecular weight excluding hydrogens is 351 g/mol. The maximum absolute atomic E-state index is 5.78. The molecule has 0 atom stereocenters. The summed E-state index contributed by atoms with van der Waals surface area (Å²) < 4.78 is 0. The normalized spacial score (nSPS) is 12.6. The second-order valence-corrected chi connectivity index (χ2v) is 5.63. The molecule has 1 aliphatic rings. The van der Waals surface area contributed by atoms with Gasteiger partial charge in [-0.3, -0.25) is 0 Å². The highest BCUT2D eigenvalue weighted by molar-refractivity contribution is 6.42. The van der Waals surface area contributed by atoms with E-state index in [1.807, 2.05) is 45.1 Å². The first-order valence-electron chi connectivity index (χ1n) is 8.89. The first-order valence-corrected chi connectivity index (χ1v) is 9.65. The van der Waals surface area contributed by atoms with Crippen molar-refractivity contribution in [2.45, 2.75) is 46.6 Å². The van der Waals surface area contributed by atoms with Gasteiger partial charge in [0.05, 0.1) is 10.0 Å². The van der Waals surface area contributed by atoms with Crippen molar-refractivity contribution in [1.29, 1.82) is 0 Å². The third-order valence-corrected chi connectivity index (χ3v) is 3.85. The number of benzene rings is 1. The summed E-state index contributed by atoms with van der Waals surface area (Å²) in [4.78, 5) is 0. The van der Waals surface area contributed by atoms with Crippen LogP contribution in [0.4, 0.5) is 0 Å². The molecular formula is C21H34Cl2N2. The largest absolute Gasteiger partial charge is 0.326 e. The molecule has 1 fully saturated rings. The van der Waals surface area contributed by atoms with Crippen molar-refractivity contribution in [3.8, 4) is 0 Å². The van der Waals surface area contributed by atoms with E-state index in [0.717, 1.165) is 12.0 Å². The van der Waals surface area contributed by atoms with Crippen molar-refractivity contribution >= 4 is 23.2 Å². The zero-order valence-corrected chi connectivity index (χ0v) is 17.4. The molecule has 0 aliphatic carbocycles. The van der Waals surface area contributed by atoms with E-state index in [-0.39, 0.29) is 0 Å². The summed E-state index contributed by atoms with van der Waals surface area (Å²) in [7, 11) is 0. The van der Waals surface area contributed by atoms with Gasteiger partial charge in [0, 0.05) is 6.54 Å². The average molecular weight is 385 g/mol. The number of hydrogen-bond acceptors (Lipinski definition) is 2. The van der Waals surface area contributed by atoms with Crippen molar-refractivity contribution in [1.82, 2.24) is 5.32 Å². The third kappa shape index (κ3) is 16.2. The van der Waals surface area contributed by atoms with E-state index in [1.165, 1.54) is 25.9 Å². The van der Waals surface area contributed by atoms with Gasteiger partial charge in [-0.15, -0.1) is 0 Å². The van der Waals surface area contributed by atoms with E-state index in [0.29, 0.717) is 16.6 Å². The first-order chi connectivity index (χ1) is 12.2. The maximum Gasteiger partial charge on any atom is 0.0637 e. The molecule has 1 heterocycles. The quantitative estimate of drug-likeness (QED) is 0.456. The summed E-state index contributed by atoms with van der Waals surface area (Å²) >= 11 is 11.5. The highest BCUT2D eigenvalue weighted by Crippen LogP contribution is 2.24. The molecule has 0 bridgehead atoms. The van der Waals surface area contributed by atoms with E-state index in [2.05, 4.69) is 24.0 Å². The molecule has 0 unspecified atom stereocenters. The van der Waals surface area contributed by atoms with Crippen LogP contribution in [0.5, 0.6) is 0 Å². The summed E-state index contributed by atoms with van der Waals surface area (Å²) in [5.41, 5.74) is 6.26. The van der Waals surface area contributed by atoms with E-state index in [1.54, 1.807) is 12.1 Å². The van der Waals surface area contributed by atoms with Gasteiger partial charge in [-0.2, -0.15) is 0 Å². The Labute approximate surface area is 164 Å². The Morgan fingerprint density at radius 1 is 1.16 bits per heavy atom. The fourth-order valence-electron chi connectivity index (χ4n) is 1.72. The molecule has 2 nitrogen and oxygen atoms in total. The molecule has 4 heteroatoms. The van der Waals surface area contributed by atoms with Crippen LogP contribution in [0.25, 0.3) is 0 Å². The average Bonchev–Trinajstić information content (AvgIpc) is 3.23. The van der Waals surface area contributed by atoms with Crippen molar-refractivity contribution in [2.24, 2.45) is 5.73 Å². The lowest BCUT2D eigenvalue weighted by molar-refractivity contribution is 0.857. The second-order valence-electron chi connectivity index (χ2n) is 4.84. The van der Waals surface area contributed by atoms with E-state index >= 15 is 0 Å². The summed E-state index contributed by atoms with van der Waals surface area (Å²) in [6, 6.07) is 5.42. The van der Waals surface area contributed by atoms with Gasteiger partial charge in [0.1, 0.15) is 0 Å². The fourth-order valence-corrected chi connectivity index (χ4v) is 2.12. The second kappa shape index (κ2) is 21.0. The molecule has 2 rings (SSSR count). The number of nitrogens with two attached hydrogens (primary N) is 1. The molecule has 0 saturated carbocycles. The van der Waals surface area contributed by atoms with Gasteiger partial charge in [0.15, 0.2) is 0 Å². The molecule has 1 aromatic carbocycles. The molecule has 3 N–H and O–H groups in total. The smallest absolute Gasteiger partial charge is 0.0637 e. The lowest BCUT2D eigenvalue weighted by Gasteiger charge is -2.00. The maximum atomic E-state index is 5.78. The minimum absolute atomic E-state index is 0.430. The van der Waals surface area contributed by atoms with E-state index in [9.17, 15) is 0 Å². The van der Waals surface area contributed by atoms with Crippen LogP contribution in [0.1, 0.15) is 45.6 Å². The molecule has 1 saturated heterocycles. The van der Waals surface area contributed by atoms with Gasteiger partial charge in [0.2, 0.25) is 0 Å². The van der Waals surface area contributed by atoms with Gasteiger partial charge >= 0.3 is 0 Å².